The minimum absolute atomic E-state index is 0.376. The van der Waals surface area contributed by atoms with E-state index in [9.17, 15) is 18.4 Å². The first kappa shape index (κ1) is 15.4. The Bertz CT molecular complexity index is 702. The zero-order chi connectivity index (χ0) is 16.1. The van der Waals surface area contributed by atoms with Crippen molar-refractivity contribution in [3.63, 3.8) is 0 Å². The first-order valence-corrected chi connectivity index (χ1v) is 6.35. The smallest absolute Gasteiger partial charge is 0.318 e. The maximum atomic E-state index is 13.5. The standard InChI is InChI=1S/C15H13F2N3O2/c1-18-15(22)20-11-5-3-10(4-6-11)19-14(21)12-8-9(16)2-7-13(12)17/h2-8H,1H3,(H,19,21)(H2,18,20,22). The van der Waals surface area contributed by atoms with Gasteiger partial charge in [0.25, 0.3) is 5.91 Å². The quantitative estimate of drug-likeness (QED) is 0.816. The normalized spacial score (nSPS) is 9.95. The van der Waals surface area contributed by atoms with Gasteiger partial charge < -0.3 is 16.0 Å². The molecule has 7 heteroatoms. The van der Waals surface area contributed by atoms with Gasteiger partial charge in [0.05, 0.1) is 5.56 Å². The number of carbonyl (C=O) groups is 2. The van der Waals surface area contributed by atoms with Gasteiger partial charge in [-0.25, -0.2) is 13.6 Å². The Balaban J connectivity index is 2.08. The van der Waals surface area contributed by atoms with Gasteiger partial charge in [0, 0.05) is 18.4 Å². The van der Waals surface area contributed by atoms with E-state index in [-0.39, 0.29) is 11.6 Å². The zero-order valence-corrected chi connectivity index (χ0v) is 11.6. The molecule has 0 aliphatic carbocycles. The third kappa shape index (κ3) is 3.78. The van der Waals surface area contributed by atoms with E-state index in [0.717, 1.165) is 18.2 Å². The second-order valence-corrected chi connectivity index (χ2v) is 4.36. The molecule has 0 saturated heterocycles. The molecule has 0 aliphatic heterocycles. The molecule has 22 heavy (non-hydrogen) atoms. The highest BCUT2D eigenvalue weighted by Gasteiger charge is 2.13. The van der Waals surface area contributed by atoms with Crippen molar-refractivity contribution in [2.24, 2.45) is 0 Å². The fraction of sp³-hybridized carbons (Fsp3) is 0.0667. The van der Waals surface area contributed by atoms with Gasteiger partial charge in [-0.15, -0.1) is 0 Å². The van der Waals surface area contributed by atoms with Crippen LogP contribution < -0.4 is 16.0 Å². The van der Waals surface area contributed by atoms with Crippen molar-refractivity contribution in [2.75, 3.05) is 17.7 Å². The lowest BCUT2D eigenvalue weighted by molar-refractivity contribution is 0.102. The summed E-state index contributed by atoms with van der Waals surface area (Å²) in [4.78, 5) is 23.0. The Hall–Kier alpha value is -2.96. The summed E-state index contributed by atoms with van der Waals surface area (Å²) < 4.78 is 26.5. The van der Waals surface area contributed by atoms with Gasteiger partial charge in [-0.3, -0.25) is 4.79 Å². The van der Waals surface area contributed by atoms with Gasteiger partial charge in [0.1, 0.15) is 11.6 Å². The highest BCUT2D eigenvalue weighted by atomic mass is 19.1. The predicted molar refractivity (Wildman–Crippen MR) is 78.8 cm³/mol. The van der Waals surface area contributed by atoms with Crippen LogP contribution in [-0.2, 0) is 0 Å². The average Bonchev–Trinajstić information content (AvgIpc) is 2.51. The van der Waals surface area contributed by atoms with Crippen molar-refractivity contribution in [2.45, 2.75) is 0 Å². The minimum atomic E-state index is -0.809. The number of hydrogen-bond acceptors (Lipinski definition) is 2. The molecule has 2 rings (SSSR count). The molecular formula is C15H13F2N3O2. The molecule has 0 spiro atoms. The molecule has 2 aromatic carbocycles. The predicted octanol–water partition coefficient (Wildman–Crippen LogP) is 2.97. The summed E-state index contributed by atoms with van der Waals surface area (Å²) >= 11 is 0. The minimum Gasteiger partial charge on any atom is -0.341 e. The van der Waals surface area contributed by atoms with Crippen LogP contribution in [0.4, 0.5) is 25.0 Å². The van der Waals surface area contributed by atoms with Gasteiger partial charge in [-0.05, 0) is 42.5 Å². The lowest BCUT2D eigenvalue weighted by atomic mass is 10.2. The monoisotopic (exact) mass is 305 g/mol. The van der Waals surface area contributed by atoms with E-state index in [1.165, 1.54) is 19.2 Å². The molecule has 0 unspecified atom stereocenters. The Morgan fingerprint density at radius 2 is 1.50 bits per heavy atom. The molecule has 0 aromatic heterocycles. The molecule has 0 radical (unpaired) electrons. The number of urea groups is 1. The Morgan fingerprint density at radius 3 is 2.09 bits per heavy atom. The summed E-state index contributed by atoms with van der Waals surface area (Å²) in [6.07, 6.45) is 0. The Labute approximate surface area is 125 Å². The highest BCUT2D eigenvalue weighted by molar-refractivity contribution is 6.04. The number of nitrogens with one attached hydrogen (secondary N) is 3. The molecule has 3 N–H and O–H groups in total. The summed E-state index contributed by atoms with van der Waals surface area (Å²) in [5.74, 6) is -2.27. The van der Waals surface area contributed by atoms with Crippen molar-refractivity contribution in [1.82, 2.24) is 5.32 Å². The van der Waals surface area contributed by atoms with Crippen LogP contribution in [-0.4, -0.2) is 19.0 Å². The van der Waals surface area contributed by atoms with Crippen LogP contribution in [0.2, 0.25) is 0 Å². The van der Waals surface area contributed by atoms with Crippen molar-refractivity contribution < 1.29 is 18.4 Å². The fourth-order valence-corrected chi connectivity index (χ4v) is 1.70. The summed E-state index contributed by atoms with van der Waals surface area (Å²) in [6.45, 7) is 0. The van der Waals surface area contributed by atoms with Crippen LogP contribution in [0.3, 0.4) is 0 Å². The summed E-state index contributed by atoms with van der Waals surface area (Å²) in [5.41, 5.74) is 0.526. The molecular weight excluding hydrogens is 292 g/mol. The van der Waals surface area contributed by atoms with E-state index in [2.05, 4.69) is 16.0 Å². The van der Waals surface area contributed by atoms with Crippen LogP contribution in [0, 0.1) is 11.6 Å². The molecule has 0 atom stereocenters. The molecule has 2 aromatic rings. The van der Waals surface area contributed by atoms with E-state index in [0.29, 0.717) is 11.4 Å². The summed E-state index contributed by atoms with van der Waals surface area (Å²) in [6, 6.07) is 8.46. The van der Waals surface area contributed by atoms with Gasteiger partial charge in [0.15, 0.2) is 0 Å². The number of carbonyl (C=O) groups excluding carboxylic acids is 2. The molecule has 0 fully saturated rings. The van der Waals surface area contributed by atoms with Gasteiger partial charge in [0.2, 0.25) is 0 Å². The van der Waals surface area contributed by atoms with Crippen molar-refractivity contribution in [1.29, 1.82) is 0 Å². The first-order chi connectivity index (χ1) is 10.5. The maximum Gasteiger partial charge on any atom is 0.318 e. The number of benzene rings is 2. The van der Waals surface area contributed by atoms with E-state index < -0.39 is 17.5 Å². The summed E-state index contributed by atoms with van der Waals surface area (Å²) in [5, 5.41) is 7.39. The molecule has 0 heterocycles. The first-order valence-electron chi connectivity index (χ1n) is 6.35. The van der Waals surface area contributed by atoms with Crippen LogP contribution in [0.1, 0.15) is 10.4 Å². The summed E-state index contributed by atoms with van der Waals surface area (Å²) in [7, 11) is 1.48. The molecule has 5 nitrogen and oxygen atoms in total. The zero-order valence-electron chi connectivity index (χ0n) is 11.6. The van der Waals surface area contributed by atoms with Crippen molar-refractivity contribution >= 4 is 23.3 Å². The van der Waals surface area contributed by atoms with Crippen LogP contribution in [0.5, 0.6) is 0 Å². The fourth-order valence-electron chi connectivity index (χ4n) is 1.70. The maximum absolute atomic E-state index is 13.5. The second-order valence-electron chi connectivity index (χ2n) is 4.36. The highest BCUT2D eigenvalue weighted by Crippen LogP contribution is 2.16. The van der Waals surface area contributed by atoms with E-state index in [1.807, 2.05) is 0 Å². The number of anilines is 2. The SMILES string of the molecule is CNC(=O)Nc1ccc(NC(=O)c2cc(F)ccc2F)cc1. The molecule has 3 amide bonds. The number of rotatable bonds is 3. The van der Waals surface area contributed by atoms with Gasteiger partial charge in [-0.1, -0.05) is 0 Å². The van der Waals surface area contributed by atoms with Gasteiger partial charge >= 0.3 is 6.03 Å². The molecule has 114 valence electrons. The number of hydrogen-bond donors (Lipinski definition) is 3. The van der Waals surface area contributed by atoms with E-state index in [4.69, 9.17) is 0 Å². The third-order valence-electron chi connectivity index (χ3n) is 2.80. The lowest BCUT2D eigenvalue weighted by Gasteiger charge is -2.08. The number of halogens is 2. The average molecular weight is 305 g/mol. The number of amides is 3. The van der Waals surface area contributed by atoms with Crippen molar-refractivity contribution in [3.8, 4) is 0 Å². The molecule has 0 saturated carbocycles. The van der Waals surface area contributed by atoms with Crippen molar-refractivity contribution in [3.05, 3.63) is 59.7 Å². The molecule has 0 aliphatic rings. The Morgan fingerprint density at radius 1 is 0.909 bits per heavy atom. The van der Waals surface area contributed by atoms with Crippen LogP contribution in [0.15, 0.2) is 42.5 Å². The van der Waals surface area contributed by atoms with E-state index in [1.54, 1.807) is 12.1 Å². The van der Waals surface area contributed by atoms with Crippen LogP contribution in [0.25, 0.3) is 0 Å². The lowest BCUT2D eigenvalue weighted by Crippen LogP contribution is -2.24. The second kappa shape index (κ2) is 6.66. The third-order valence-corrected chi connectivity index (χ3v) is 2.80. The van der Waals surface area contributed by atoms with E-state index >= 15 is 0 Å². The van der Waals surface area contributed by atoms with Gasteiger partial charge in [-0.2, -0.15) is 0 Å². The van der Waals surface area contributed by atoms with Crippen LogP contribution >= 0.6 is 0 Å². The molecule has 0 bridgehead atoms. The topological polar surface area (TPSA) is 70.2 Å². The Kier molecular flexibility index (Phi) is 4.67. The largest absolute Gasteiger partial charge is 0.341 e.